The number of ether oxygens (including phenoxy) is 1. The zero-order valence-electron chi connectivity index (χ0n) is 9.34. The molecule has 0 saturated heterocycles. The Morgan fingerprint density at radius 2 is 2.00 bits per heavy atom. The van der Waals surface area contributed by atoms with Crippen molar-refractivity contribution in [2.24, 2.45) is 5.10 Å². The van der Waals surface area contributed by atoms with Gasteiger partial charge in [-0.05, 0) is 19.9 Å². The zero-order valence-corrected chi connectivity index (χ0v) is 10.1. The van der Waals surface area contributed by atoms with Gasteiger partial charge < -0.3 is 4.74 Å². The maximum absolute atomic E-state index is 5.99. The number of hydrazone groups is 1. The Kier molecular flexibility index (Phi) is 6.04. The highest BCUT2D eigenvalue weighted by Gasteiger charge is 2.01. The van der Waals surface area contributed by atoms with Crippen molar-refractivity contribution in [3.63, 3.8) is 0 Å². The Bertz CT molecular complexity index is 269. The molecule has 0 rings (SSSR count). The van der Waals surface area contributed by atoms with E-state index < -0.39 is 0 Å². The number of allylic oxidation sites excluding steroid dienone is 4. The van der Waals surface area contributed by atoms with Crippen LogP contribution in [0.4, 0.5) is 0 Å². The molecule has 80 valence electrons. The van der Waals surface area contributed by atoms with Gasteiger partial charge in [-0.3, -0.25) is 5.01 Å². The molecule has 3 nitrogen and oxygen atoms in total. The summed E-state index contributed by atoms with van der Waals surface area (Å²) >= 11 is 5.99. The quantitative estimate of drug-likeness (QED) is 0.314. The van der Waals surface area contributed by atoms with Crippen molar-refractivity contribution in [1.82, 2.24) is 5.01 Å². The van der Waals surface area contributed by atoms with E-state index in [0.717, 1.165) is 5.70 Å². The van der Waals surface area contributed by atoms with Crippen LogP contribution in [0.15, 0.2) is 28.0 Å². The van der Waals surface area contributed by atoms with Crippen molar-refractivity contribution >= 4 is 17.5 Å². The van der Waals surface area contributed by atoms with Gasteiger partial charge in [-0.25, -0.2) is 0 Å². The Morgan fingerprint density at radius 3 is 2.43 bits per heavy atom. The standard InChI is InChI=1S/C10H17ClN2O/c1-6-7-10(11)8(2)13(4)12-9(3)14-5/h6-7H,1-5H3. The fourth-order valence-electron chi connectivity index (χ4n) is 0.749. The third kappa shape index (κ3) is 4.33. The van der Waals surface area contributed by atoms with Crippen LogP contribution in [-0.2, 0) is 4.74 Å². The van der Waals surface area contributed by atoms with Gasteiger partial charge in [0.05, 0.1) is 17.8 Å². The average molecular weight is 217 g/mol. The monoisotopic (exact) mass is 216 g/mol. The van der Waals surface area contributed by atoms with E-state index in [2.05, 4.69) is 5.10 Å². The molecule has 0 spiro atoms. The highest BCUT2D eigenvalue weighted by molar-refractivity contribution is 6.31. The fraction of sp³-hybridized carbons (Fsp3) is 0.500. The lowest BCUT2D eigenvalue weighted by Gasteiger charge is -2.15. The second-order valence-corrected chi connectivity index (χ2v) is 3.19. The number of hydrogen-bond donors (Lipinski definition) is 0. The number of halogens is 1. The second-order valence-electron chi connectivity index (χ2n) is 2.78. The normalized spacial score (nSPS) is 14.3. The fourth-order valence-corrected chi connectivity index (χ4v) is 0.997. The van der Waals surface area contributed by atoms with E-state index in [9.17, 15) is 0 Å². The predicted molar refractivity (Wildman–Crippen MR) is 61.2 cm³/mol. The summed E-state index contributed by atoms with van der Waals surface area (Å²) in [4.78, 5) is 0. The molecule has 0 aromatic heterocycles. The Labute approximate surface area is 90.7 Å². The highest BCUT2D eigenvalue weighted by atomic mass is 35.5. The van der Waals surface area contributed by atoms with Crippen LogP contribution < -0.4 is 0 Å². The number of nitrogens with zero attached hydrogens (tertiary/aromatic N) is 2. The molecule has 0 aromatic rings. The molecule has 0 fully saturated rings. The van der Waals surface area contributed by atoms with Gasteiger partial charge in [-0.1, -0.05) is 17.7 Å². The molecule has 0 bridgehead atoms. The maximum Gasteiger partial charge on any atom is 0.202 e. The number of rotatable bonds is 3. The molecule has 0 atom stereocenters. The minimum absolute atomic E-state index is 0.594. The molecule has 0 saturated carbocycles. The molecule has 0 amide bonds. The topological polar surface area (TPSA) is 24.8 Å². The van der Waals surface area contributed by atoms with E-state index in [1.165, 1.54) is 0 Å². The summed E-state index contributed by atoms with van der Waals surface area (Å²) in [6, 6.07) is 0. The molecule has 0 heterocycles. The highest BCUT2D eigenvalue weighted by Crippen LogP contribution is 2.14. The first kappa shape index (κ1) is 13.0. The smallest absolute Gasteiger partial charge is 0.202 e. The summed E-state index contributed by atoms with van der Waals surface area (Å²) in [5.41, 5.74) is 0.876. The summed E-state index contributed by atoms with van der Waals surface area (Å²) in [5, 5.41) is 6.50. The van der Waals surface area contributed by atoms with Crippen molar-refractivity contribution < 1.29 is 4.74 Å². The largest absolute Gasteiger partial charge is 0.483 e. The van der Waals surface area contributed by atoms with Crippen molar-refractivity contribution in [2.45, 2.75) is 20.8 Å². The Balaban J connectivity index is 4.69. The second kappa shape index (κ2) is 6.49. The zero-order chi connectivity index (χ0) is 11.1. The Morgan fingerprint density at radius 1 is 1.43 bits per heavy atom. The van der Waals surface area contributed by atoms with Crippen LogP contribution in [0, 0.1) is 0 Å². The van der Waals surface area contributed by atoms with Crippen LogP contribution in [0.25, 0.3) is 0 Å². The van der Waals surface area contributed by atoms with Crippen molar-refractivity contribution in [3.8, 4) is 0 Å². The van der Waals surface area contributed by atoms with Gasteiger partial charge >= 0.3 is 0 Å². The van der Waals surface area contributed by atoms with Gasteiger partial charge in [-0.2, -0.15) is 0 Å². The van der Waals surface area contributed by atoms with Gasteiger partial charge in [0.25, 0.3) is 0 Å². The van der Waals surface area contributed by atoms with Crippen LogP contribution >= 0.6 is 11.6 Å². The van der Waals surface area contributed by atoms with Crippen LogP contribution in [0.3, 0.4) is 0 Å². The van der Waals surface area contributed by atoms with Crippen LogP contribution in [0.1, 0.15) is 20.8 Å². The first-order valence-corrected chi connectivity index (χ1v) is 4.72. The molecule has 4 heteroatoms. The SMILES string of the molecule is CC=CC(Cl)=C(C)N(C)N=C(C)OC. The molecule has 0 aliphatic heterocycles. The van der Waals surface area contributed by atoms with Crippen molar-refractivity contribution in [1.29, 1.82) is 0 Å². The van der Waals surface area contributed by atoms with Crippen LogP contribution in [0.2, 0.25) is 0 Å². The lowest BCUT2D eigenvalue weighted by atomic mass is 10.4. The number of methoxy groups -OCH3 is 1. The molecule has 0 aliphatic carbocycles. The van der Waals surface area contributed by atoms with Gasteiger partial charge in [0, 0.05) is 14.0 Å². The van der Waals surface area contributed by atoms with Crippen molar-refractivity contribution in [3.05, 3.63) is 22.9 Å². The molecular weight excluding hydrogens is 200 g/mol. The number of hydrogen-bond acceptors (Lipinski definition) is 3. The van der Waals surface area contributed by atoms with E-state index >= 15 is 0 Å². The van der Waals surface area contributed by atoms with E-state index in [0.29, 0.717) is 10.9 Å². The third-order valence-corrected chi connectivity index (χ3v) is 2.13. The summed E-state index contributed by atoms with van der Waals surface area (Å²) in [6.45, 7) is 5.60. The summed E-state index contributed by atoms with van der Waals surface area (Å²) < 4.78 is 4.94. The van der Waals surface area contributed by atoms with E-state index in [4.69, 9.17) is 16.3 Å². The first-order chi connectivity index (χ1) is 6.52. The van der Waals surface area contributed by atoms with Gasteiger partial charge in [0.2, 0.25) is 5.90 Å². The minimum Gasteiger partial charge on any atom is -0.483 e. The van der Waals surface area contributed by atoms with Gasteiger partial charge in [0.15, 0.2) is 0 Å². The maximum atomic E-state index is 5.99. The Hall–Kier alpha value is -0.960. The molecule has 0 aliphatic rings. The van der Waals surface area contributed by atoms with Crippen LogP contribution in [0.5, 0.6) is 0 Å². The molecular formula is C10H17ClN2O. The van der Waals surface area contributed by atoms with Gasteiger partial charge in [-0.15, -0.1) is 5.10 Å². The molecule has 0 unspecified atom stereocenters. The summed E-state index contributed by atoms with van der Waals surface area (Å²) in [5.74, 6) is 0.594. The van der Waals surface area contributed by atoms with E-state index in [1.54, 1.807) is 19.0 Å². The molecule has 0 aromatic carbocycles. The third-order valence-electron chi connectivity index (χ3n) is 1.73. The van der Waals surface area contributed by atoms with Crippen molar-refractivity contribution in [2.75, 3.05) is 14.2 Å². The molecule has 14 heavy (non-hydrogen) atoms. The lowest BCUT2D eigenvalue weighted by Crippen LogP contribution is -2.12. The van der Waals surface area contributed by atoms with Crippen LogP contribution in [-0.4, -0.2) is 25.1 Å². The minimum atomic E-state index is 0.594. The molecule has 0 radical (unpaired) electrons. The van der Waals surface area contributed by atoms with E-state index in [1.807, 2.05) is 33.0 Å². The summed E-state index contributed by atoms with van der Waals surface area (Å²) in [6.07, 6.45) is 3.71. The lowest BCUT2D eigenvalue weighted by molar-refractivity contribution is 0.362. The van der Waals surface area contributed by atoms with Gasteiger partial charge in [0.1, 0.15) is 0 Å². The summed E-state index contributed by atoms with van der Waals surface area (Å²) in [7, 11) is 3.41. The first-order valence-electron chi connectivity index (χ1n) is 4.35. The average Bonchev–Trinajstić information content (AvgIpc) is 2.16. The predicted octanol–water partition coefficient (Wildman–Crippen LogP) is 2.94. The van der Waals surface area contributed by atoms with E-state index in [-0.39, 0.29) is 0 Å². The molecule has 0 N–H and O–H groups in total.